The lowest BCUT2D eigenvalue weighted by Crippen LogP contribution is -2.42. The number of aryl methyl sites for hydroxylation is 1. The van der Waals surface area contributed by atoms with Crippen molar-refractivity contribution in [3.8, 4) is 0 Å². The van der Waals surface area contributed by atoms with Gasteiger partial charge in [-0.1, -0.05) is 5.16 Å². The highest BCUT2D eigenvalue weighted by Crippen LogP contribution is 2.27. The van der Waals surface area contributed by atoms with Gasteiger partial charge < -0.3 is 15.2 Å². The van der Waals surface area contributed by atoms with Crippen LogP contribution in [0.25, 0.3) is 0 Å². The van der Waals surface area contributed by atoms with Gasteiger partial charge in [-0.25, -0.2) is 0 Å². The predicted molar refractivity (Wildman–Crippen MR) is 77.3 cm³/mol. The lowest BCUT2D eigenvalue weighted by molar-refractivity contribution is 0.371. The first kappa shape index (κ1) is 14.2. The molecule has 1 fully saturated rings. The van der Waals surface area contributed by atoms with E-state index in [0.29, 0.717) is 24.3 Å². The van der Waals surface area contributed by atoms with Crippen molar-refractivity contribution < 1.29 is 4.52 Å². The maximum absolute atomic E-state index is 5.05. The van der Waals surface area contributed by atoms with Gasteiger partial charge in [-0.15, -0.1) is 0 Å². The van der Waals surface area contributed by atoms with Crippen LogP contribution in [0, 0.1) is 6.92 Å². The van der Waals surface area contributed by atoms with E-state index in [4.69, 9.17) is 4.52 Å². The molecule has 6 nitrogen and oxygen atoms in total. The molecule has 19 heavy (non-hydrogen) atoms. The summed E-state index contributed by atoms with van der Waals surface area (Å²) in [6.45, 7) is 2.31. The summed E-state index contributed by atoms with van der Waals surface area (Å²) in [4.78, 5) is 8.37. The van der Waals surface area contributed by atoms with Crippen molar-refractivity contribution >= 4 is 17.7 Å². The summed E-state index contributed by atoms with van der Waals surface area (Å²) in [6, 6.07) is 0.507. The smallest absolute Gasteiger partial charge is 0.246 e. The number of nitrogens with one attached hydrogen (secondary N) is 2. The highest BCUT2D eigenvalue weighted by Gasteiger charge is 2.24. The molecular formula is C12H21N5OS. The Balaban J connectivity index is 1.78. The van der Waals surface area contributed by atoms with Gasteiger partial charge in [0.25, 0.3) is 0 Å². The van der Waals surface area contributed by atoms with Crippen LogP contribution in [0.3, 0.4) is 0 Å². The Morgan fingerprint density at radius 3 is 2.95 bits per heavy atom. The summed E-state index contributed by atoms with van der Waals surface area (Å²) in [5.74, 6) is 2.02. The van der Waals surface area contributed by atoms with Crippen LogP contribution in [0.4, 0.5) is 0 Å². The quantitative estimate of drug-likeness (QED) is 0.641. The van der Waals surface area contributed by atoms with Crippen LogP contribution in [-0.2, 0) is 6.54 Å². The molecule has 0 amide bonds. The first-order valence-corrected chi connectivity index (χ1v) is 7.79. The summed E-state index contributed by atoms with van der Waals surface area (Å²) in [5.41, 5.74) is 0. The van der Waals surface area contributed by atoms with Crippen molar-refractivity contribution in [1.29, 1.82) is 0 Å². The molecular weight excluding hydrogens is 262 g/mol. The predicted octanol–water partition coefficient (Wildman–Crippen LogP) is 1.33. The number of nitrogens with zero attached hydrogens (tertiary/aromatic N) is 3. The Kier molecular flexibility index (Phi) is 5.07. The summed E-state index contributed by atoms with van der Waals surface area (Å²) in [6.07, 6.45) is 5.85. The van der Waals surface area contributed by atoms with Gasteiger partial charge in [0.2, 0.25) is 5.89 Å². The van der Waals surface area contributed by atoms with Crippen LogP contribution >= 0.6 is 11.8 Å². The van der Waals surface area contributed by atoms with Gasteiger partial charge in [-0.2, -0.15) is 16.7 Å². The highest BCUT2D eigenvalue weighted by molar-refractivity contribution is 7.99. The zero-order valence-electron chi connectivity index (χ0n) is 11.6. The molecule has 7 heteroatoms. The van der Waals surface area contributed by atoms with E-state index in [9.17, 15) is 0 Å². The molecule has 1 aliphatic carbocycles. The fraction of sp³-hybridized carbons (Fsp3) is 0.750. The summed E-state index contributed by atoms with van der Waals surface area (Å²) >= 11 is 1.95. The van der Waals surface area contributed by atoms with E-state index in [1.165, 1.54) is 19.3 Å². The van der Waals surface area contributed by atoms with Crippen LogP contribution in [0.2, 0.25) is 0 Å². The lowest BCUT2D eigenvalue weighted by Gasteiger charge is -2.16. The second-order valence-electron chi connectivity index (χ2n) is 4.67. The Hall–Kier alpha value is -1.24. The van der Waals surface area contributed by atoms with Gasteiger partial charge >= 0.3 is 0 Å². The molecule has 2 atom stereocenters. The van der Waals surface area contributed by atoms with Gasteiger partial charge in [0.05, 0.1) is 6.54 Å². The fourth-order valence-electron chi connectivity index (χ4n) is 2.24. The van der Waals surface area contributed by atoms with Crippen LogP contribution < -0.4 is 10.6 Å². The molecule has 2 rings (SSSR count). The minimum atomic E-state index is 0.499. The summed E-state index contributed by atoms with van der Waals surface area (Å²) < 4.78 is 5.05. The molecule has 2 N–H and O–H groups in total. The van der Waals surface area contributed by atoms with Crippen molar-refractivity contribution in [2.45, 2.75) is 44.0 Å². The zero-order chi connectivity index (χ0) is 13.7. The van der Waals surface area contributed by atoms with Crippen LogP contribution in [0.1, 0.15) is 31.0 Å². The number of hydrogen-bond donors (Lipinski definition) is 2. The van der Waals surface area contributed by atoms with Crippen molar-refractivity contribution in [2.75, 3.05) is 13.3 Å². The number of thioether (sulfide) groups is 1. The molecule has 1 aromatic rings. The number of aromatic nitrogens is 2. The number of aliphatic imine (C=N–C) groups is 1. The number of hydrogen-bond acceptors (Lipinski definition) is 5. The van der Waals surface area contributed by atoms with Crippen molar-refractivity contribution in [3.63, 3.8) is 0 Å². The Labute approximate surface area is 117 Å². The van der Waals surface area contributed by atoms with Crippen molar-refractivity contribution in [2.24, 2.45) is 4.99 Å². The largest absolute Gasteiger partial charge is 0.354 e. The topological polar surface area (TPSA) is 75.3 Å². The van der Waals surface area contributed by atoms with Gasteiger partial charge in [-0.3, -0.25) is 4.99 Å². The van der Waals surface area contributed by atoms with E-state index in [-0.39, 0.29) is 0 Å². The van der Waals surface area contributed by atoms with E-state index in [2.05, 4.69) is 32.0 Å². The van der Waals surface area contributed by atoms with Gasteiger partial charge in [-0.05, 0) is 32.4 Å². The normalized spacial score (nSPS) is 23.6. The van der Waals surface area contributed by atoms with E-state index >= 15 is 0 Å². The molecule has 0 radical (unpaired) electrons. The Bertz CT molecular complexity index is 434. The molecule has 1 saturated carbocycles. The highest BCUT2D eigenvalue weighted by atomic mass is 32.2. The van der Waals surface area contributed by atoms with Crippen molar-refractivity contribution in [3.05, 3.63) is 11.7 Å². The molecule has 0 spiro atoms. The van der Waals surface area contributed by atoms with Gasteiger partial charge in [0, 0.05) is 18.3 Å². The van der Waals surface area contributed by atoms with E-state index in [1.54, 1.807) is 14.0 Å². The summed E-state index contributed by atoms with van der Waals surface area (Å²) in [7, 11) is 1.77. The monoisotopic (exact) mass is 283 g/mol. The average Bonchev–Trinajstić information content (AvgIpc) is 3.03. The van der Waals surface area contributed by atoms with Crippen molar-refractivity contribution in [1.82, 2.24) is 20.8 Å². The second-order valence-corrected chi connectivity index (χ2v) is 5.81. The average molecular weight is 283 g/mol. The van der Waals surface area contributed by atoms with Gasteiger partial charge in [0.15, 0.2) is 11.8 Å². The van der Waals surface area contributed by atoms with E-state index in [1.807, 2.05) is 11.8 Å². The van der Waals surface area contributed by atoms with Crippen LogP contribution in [0.5, 0.6) is 0 Å². The first-order chi connectivity index (χ1) is 9.21. The van der Waals surface area contributed by atoms with Crippen LogP contribution in [-0.4, -0.2) is 40.7 Å². The molecule has 106 valence electrons. The van der Waals surface area contributed by atoms with E-state index in [0.717, 1.165) is 11.2 Å². The first-order valence-electron chi connectivity index (χ1n) is 6.50. The summed E-state index contributed by atoms with van der Waals surface area (Å²) in [5, 5.41) is 11.2. The molecule has 2 unspecified atom stereocenters. The van der Waals surface area contributed by atoms with Gasteiger partial charge in [0.1, 0.15) is 0 Å². The third-order valence-electron chi connectivity index (χ3n) is 3.26. The number of rotatable bonds is 4. The third-order valence-corrected chi connectivity index (χ3v) is 4.35. The lowest BCUT2D eigenvalue weighted by atomic mass is 10.2. The molecule has 0 aromatic carbocycles. The maximum atomic E-state index is 5.05. The molecule has 0 bridgehead atoms. The molecule has 1 aliphatic rings. The Morgan fingerprint density at radius 2 is 2.37 bits per heavy atom. The SMILES string of the molecule is CN=C(NCc1nc(C)no1)NC1CCC(SC)C1. The molecule has 0 saturated heterocycles. The Morgan fingerprint density at radius 1 is 1.53 bits per heavy atom. The molecule has 1 heterocycles. The molecule has 1 aromatic heterocycles. The van der Waals surface area contributed by atoms with Crippen LogP contribution in [0.15, 0.2) is 9.52 Å². The third kappa shape index (κ3) is 4.12. The standard InChI is InChI=1S/C12H21N5OS/c1-8-15-11(18-17-8)7-14-12(13-2)16-9-4-5-10(6-9)19-3/h9-10H,4-7H2,1-3H3,(H2,13,14,16). The minimum absolute atomic E-state index is 0.499. The maximum Gasteiger partial charge on any atom is 0.246 e. The zero-order valence-corrected chi connectivity index (χ0v) is 12.5. The molecule has 0 aliphatic heterocycles. The fourth-order valence-corrected chi connectivity index (χ4v) is 3.04. The second kappa shape index (κ2) is 6.79. The minimum Gasteiger partial charge on any atom is -0.354 e. The van der Waals surface area contributed by atoms with E-state index < -0.39 is 0 Å². The number of guanidine groups is 1.